The Kier molecular flexibility index (Phi) is 35.7. The van der Waals surface area contributed by atoms with E-state index < -0.39 is 28.0 Å². The fourth-order valence-corrected chi connectivity index (χ4v) is 7.24. The second-order valence-corrected chi connectivity index (χ2v) is 16.1. The molecule has 2 atom stereocenters. The molecule has 0 rings (SSSR count). The second-order valence-electron chi connectivity index (χ2n) is 14.6. The van der Waals surface area contributed by atoms with Crippen LogP contribution in [0.5, 0.6) is 0 Å². The van der Waals surface area contributed by atoms with Crippen molar-refractivity contribution in [1.29, 1.82) is 0 Å². The lowest BCUT2D eigenvalue weighted by molar-refractivity contribution is -0.122. The maximum Gasteiger partial charge on any atom is 0.266 e. The first-order chi connectivity index (χ1) is 23.8. The molecule has 49 heavy (non-hydrogen) atoms. The third-order valence-electron chi connectivity index (χ3n) is 9.66. The normalized spacial score (nSPS) is 13.5. The van der Waals surface area contributed by atoms with Crippen LogP contribution >= 0.6 is 0 Å². The Morgan fingerprint density at radius 2 is 0.918 bits per heavy atom. The Bertz CT molecular complexity index is 872. The van der Waals surface area contributed by atoms with Crippen LogP contribution in [-0.4, -0.2) is 41.9 Å². The molecule has 0 aromatic rings. The van der Waals surface area contributed by atoms with Gasteiger partial charge in [-0.25, -0.2) is 0 Å². The minimum absolute atomic E-state index is 0.249. The molecule has 0 fully saturated rings. The minimum Gasteiger partial charge on any atom is -0.391 e. The maximum absolute atomic E-state index is 12.5. The van der Waals surface area contributed by atoms with Crippen LogP contribution in [0.4, 0.5) is 0 Å². The molecule has 0 aliphatic carbocycles. The van der Waals surface area contributed by atoms with E-state index in [9.17, 15) is 22.9 Å². The lowest BCUT2D eigenvalue weighted by Gasteiger charge is -2.23. The SMILES string of the molecule is CCCCC/C=C\C/C=C\CCCCCCCCCCCC(=O)NC(CS(=O)(=O)O)C(O)CCCCCCCCCCCCCCCCC. The summed E-state index contributed by atoms with van der Waals surface area (Å²) >= 11 is 0. The molecule has 0 aliphatic heterocycles. The zero-order valence-corrected chi connectivity index (χ0v) is 33.1. The molecule has 7 heteroatoms. The average molecular weight is 712 g/mol. The van der Waals surface area contributed by atoms with E-state index in [1.54, 1.807) is 0 Å². The first kappa shape index (κ1) is 47.8. The van der Waals surface area contributed by atoms with Crippen LogP contribution in [0, 0.1) is 0 Å². The van der Waals surface area contributed by atoms with Gasteiger partial charge in [0.1, 0.15) is 0 Å². The number of amides is 1. The third-order valence-corrected chi connectivity index (χ3v) is 10.4. The van der Waals surface area contributed by atoms with Gasteiger partial charge < -0.3 is 10.4 Å². The number of hydrogen-bond donors (Lipinski definition) is 3. The summed E-state index contributed by atoms with van der Waals surface area (Å²) in [6.07, 6.45) is 45.5. The fourth-order valence-electron chi connectivity index (χ4n) is 6.48. The van der Waals surface area contributed by atoms with Gasteiger partial charge >= 0.3 is 0 Å². The highest BCUT2D eigenvalue weighted by molar-refractivity contribution is 7.85. The molecule has 290 valence electrons. The molecule has 6 nitrogen and oxygen atoms in total. The summed E-state index contributed by atoms with van der Waals surface area (Å²) in [6.45, 7) is 4.50. The number of hydrogen-bond acceptors (Lipinski definition) is 4. The maximum atomic E-state index is 12.5. The van der Waals surface area contributed by atoms with Gasteiger partial charge in [0, 0.05) is 6.42 Å². The summed E-state index contributed by atoms with van der Waals surface area (Å²) in [6, 6.07) is -0.971. The van der Waals surface area contributed by atoms with Gasteiger partial charge in [-0.1, -0.05) is 192 Å². The summed E-state index contributed by atoms with van der Waals surface area (Å²) < 4.78 is 32.5. The van der Waals surface area contributed by atoms with E-state index in [2.05, 4.69) is 43.5 Å². The number of carbonyl (C=O) groups excluding carboxylic acids is 1. The van der Waals surface area contributed by atoms with Crippen LogP contribution < -0.4 is 5.32 Å². The zero-order valence-electron chi connectivity index (χ0n) is 32.3. The van der Waals surface area contributed by atoms with E-state index in [0.29, 0.717) is 12.8 Å². The number of rotatable bonds is 38. The monoisotopic (exact) mass is 712 g/mol. The number of nitrogens with one attached hydrogen (secondary N) is 1. The number of allylic oxidation sites excluding steroid dienone is 4. The van der Waals surface area contributed by atoms with Gasteiger partial charge in [-0.2, -0.15) is 8.42 Å². The van der Waals surface area contributed by atoms with Gasteiger partial charge in [-0.15, -0.1) is 0 Å². The molecule has 0 spiro atoms. The van der Waals surface area contributed by atoms with Gasteiger partial charge in [0.25, 0.3) is 10.1 Å². The van der Waals surface area contributed by atoms with Crippen LogP contribution in [0.2, 0.25) is 0 Å². The van der Waals surface area contributed by atoms with E-state index in [4.69, 9.17) is 0 Å². The van der Waals surface area contributed by atoms with Gasteiger partial charge in [0.05, 0.1) is 17.9 Å². The zero-order chi connectivity index (χ0) is 36.1. The average Bonchev–Trinajstić information content (AvgIpc) is 3.06. The number of unbranched alkanes of at least 4 members (excludes halogenated alkanes) is 26. The van der Waals surface area contributed by atoms with Crippen LogP contribution in [0.15, 0.2) is 24.3 Å². The molecule has 0 aliphatic rings. The van der Waals surface area contributed by atoms with Crippen molar-refractivity contribution in [3.8, 4) is 0 Å². The molecule has 0 saturated heterocycles. The summed E-state index contributed by atoms with van der Waals surface area (Å²) in [7, 11) is -4.31. The van der Waals surface area contributed by atoms with E-state index in [-0.39, 0.29) is 5.91 Å². The molecule has 2 unspecified atom stereocenters. The standard InChI is InChI=1S/C42H81NO5S/c1-3-5-7-9-11-13-15-17-19-20-21-22-24-26-28-30-32-34-36-38-42(45)43-40(39-49(46,47)48)41(44)37-35-33-31-29-27-25-23-18-16-14-12-10-8-6-4-2/h11,13,17,19,40-41,44H,3-10,12,14-16,18,20-39H2,1-2H3,(H,43,45)(H,46,47,48)/b13-11-,19-17-. The summed E-state index contributed by atoms with van der Waals surface area (Å²) in [5.74, 6) is -0.896. The second kappa shape index (κ2) is 36.6. The minimum atomic E-state index is -4.31. The molecule has 0 saturated carbocycles. The fraction of sp³-hybridized carbons (Fsp3) is 0.881. The van der Waals surface area contributed by atoms with E-state index in [1.165, 1.54) is 148 Å². The van der Waals surface area contributed by atoms with Crippen molar-refractivity contribution in [3.63, 3.8) is 0 Å². The molecular weight excluding hydrogens is 631 g/mol. The van der Waals surface area contributed by atoms with Crippen LogP contribution in [0.25, 0.3) is 0 Å². The van der Waals surface area contributed by atoms with Crippen molar-refractivity contribution in [2.45, 2.75) is 231 Å². The van der Waals surface area contributed by atoms with Crippen LogP contribution in [0.3, 0.4) is 0 Å². The Balaban J connectivity index is 3.84. The summed E-state index contributed by atoms with van der Waals surface area (Å²) in [4.78, 5) is 12.5. The molecule has 0 radical (unpaired) electrons. The highest BCUT2D eigenvalue weighted by atomic mass is 32.2. The van der Waals surface area contributed by atoms with Crippen LogP contribution in [-0.2, 0) is 14.9 Å². The molecule has 0 bridgehead atoms. The number of aliphatic hydroxyl groups excluding tert-OH is 1. The lowest BCUT2D eigenvalue weighted by atomic mass is 10.0. The van der Waals surface area contributed by atoms with Crippen molar-refractivity contribution in [2.24, 2.45) is 0 Å². The molecular formula is C42H81NO5S. The molecule has 0 heterocycles. The van der Waals surface area contributed by atoms with E-state index in [1.807, 2.05) is 0 Å². The highest BCUT2D eigenvalue weighted by Crippen LogP contribution is 2.16. The Hall–Kier alpha value is -1.18. The number of aliphatic hydroxyl groups is 1. The van der Waals surface area contributed by atoms with Crippen molar-refractivity contribution in [2.75, 3.05) is 5.75 Å². The van der Waals surface area contributed by atoms with Gasteiger partial charge in [-0.3, -0.25) is 9.35 Å². The summed E-state index contributed by atoms with van der Waals surface area (Å²) in [5, 5.41) is 13.4. The summed E-state index contributed by atoms with van der Waals surface area (Å²) in [5.41, 5.74) is 0. The Morgan fingerprint density at radius 1 is 0.551 bits per heavy atom. The van der Waals surface area contributed by atoms with Gasteiger partial charge in [0.2, 0.25) is 5.91 Å². The van der Waals surface area contributed by atoms with E-state index in [0.717, 1.165) is 44.9 Å². The highest BCUT2D eigenvalue weighted by Gasteiger charge is 2.26. The topological polar surface area (TPSA) is 104 Å². The van der Waals surface area contributed by atoms with Crippen molar-refractivity contribution in [1.82, 2.24) is 5.32 Å². The van der Waals surface area contributed by atoms with Crippen LogP contribution in [0.1, 0.15) is 219 Å². The van der Waals surface area contributed by atoms with Crippen molar-refractivity contribution >= 4 is 16.0 Å². The molecule has 3 N–H and O–H groups in total. The first-order valence-electron chi connectivity index (χ1n) is 21.0. The molecule has 0 aromatic heterocycles. The quantitative estimate of drug-likeness (QED) is 0.0336. The lowest BCUT2D eigenvalue weighted by Crippen LogP contribution is -2.47. The van der Waals surface area contributed by atoms with Crippen molar-refractivity contribution in [3.05, 3.63) is 24.3 Å². The molecule has 0 aromatic carbocycles. The first-order valence-corrected chi connectivity index (χ1v) is 22.6. The predicted octanol–water partition coefficient (Wildman–Crippen LogP) is 12.4. The Labute approximate surface area is 304 Å². The van der Waals surface area contributed by atoms with Gasteiger partial charge in [-0.05, 0) is 44.9 Å². The number of carbonyl (C=O) groups is 1. The largest absolute Gasteiger partial charge is 0.391 e. The third kappa shape index (κ3) is 37.9. The molecule has 1 amide bonds. The van der Waals surface area contributed by atoms with Gasteiger partial charge in [0.15, 0.2) is 0 Å². The smallest absolute Gasteiger partial charge is 0.266 e. The van der Waals surface area contributed by atoms with Crippen molar-refractivity contribution < 1.29 is 22.9 Å². The Morgan fingerprint density at radius 3 is 1.37 bits per heavy atom. The van der Waals surface area contributed by atoms with E-state index >= 15 is 0 Å². The predicted molar refractivity (Wildman–Crippen MR) is 212 cm³/mol.